The van der Waals surface area contributed by atoms with Crippen LogP contribution in [-0.2, 0) is 4.79 Å². The van der Waals surface area contributed by atoms with Gasteiger partial charge in [0.1, 0.15) is 11.3 Å². The number of benzene rings is 2. The standard InChI is InChI=1S/C31H27FN8O/c32-21-4-1-3-19(14-21)23-5-2-6-25-28(23)38-31(37-25)30-29-26(39-40-30)8-7-24(36-29)20-15-22(17-34-16-20)35-27(41)13-18-9-11-33-12-10-18/h1-8,14-18,33H,9-13H2,(H,35,41)(H,37,38)(H,39,40). The van der Waals surface area contributed by atoms with Crippen LogP contribution in [-0.4, -0.2) is 49.1 Å². The zero-order valence-electron chi connectivity index (χ0n) is 22.1. The highest BCUT2D eigenvalue weighted by molar-refractivity contribution is 5.96. The summed E-state index contributed by atoms with van der Waals surface area (Å²) in [6, 6.07) is 17.9. The van der Waals surface area contributed by atoms with E-state index in [4.69, 9.17) is 9.97 Å². The first-order chi connectivity index (χ1) is 20.1. The van der Waals surface area contributed by atoms with E-state index in [1.807, 2.05) is 42.5 Å². The molecule has 4 aromatic heterocycles. The predicted molar refractivity (Wildman–Crippen MR) is 156 cm³/mol. The van der Waals surface area contributed by atoms with E-state index < -0.39 is 0 Å². The largest absolute Gasteiger partial charge is 0.336 e. The molecule has 9 nitrogen and oxygen atoms in total. The Morgan fingerprint density at radius 1 is 0.927 bits per heavy atom. The summed E-state index contributed by atoms with van der Waals surface area (Å²) in [5, 5.41) is 13.9. The van der Waals surface area contributed by atoms with Crippen molar-refractivity contribution in [1.29, 1.82) is 0 Å². The number of halogens is 1. The van der Waals surface area contributed by atoms with Gasteiger partial charge in [-0.25, -0.2) is 14.4 Å². The summed E-state index contributed by atoms with van der Waals surface area (Å²) in [5.74, 6) is 0.653. The van der Waals surface area contributed by atoms with Crippen LogP contribution < -0.4 is 10.6 Å². The van der Waals surface area contributed by atoms with Gasteiger partial charge in [-0.2, -0.15) is 5.10 Å². The maximum Gasteiger partial charge on any atom is 0.224 e. The van der Waals surface area contributed by atoms with Gasteiger partial charge < -0.3 is 15.6 Å². The number of piperidine rings is 1. The summed E-state index contributed by atoms with van der Waals surface area (Å²) in [5.41, 5.74) is 7.18. The molecule has 41 heavy (non-hydrogen) atoms. The number of pyridine rings is 2. The van der Waals surface area contributed by atoms with Gasteiger partial charge in [0.05, 0.1) is 34.1 Å². The number of rotatable bonds is 6. The van der Waals surface area contributed by atoms with Gasteiger partial charge in [0.2, 0.25) is 5.91 Å². The van der Waals surface area contributed by atoms with Crippen LogP contribution in [0.15, 0.2) is 73.1 Å². The summed E-state index contributed by atoms with van der Waals surface area (Å²) in [6.45, 7) is 1.92. The van der Waals surface area contributed by atoms with Gasteiger partial charge in [-0.05, 0) is 73.8 Å². The molecule has 0 bridgehead atoms. The van der Waals surface area contributed by atoms with Crippen LogP contribution in [0.4, 0.5) is 10.1 Å². The quantitative estimate of drug-likeness (QED) is 0.213. The third-order valence-electron chi connectivity index (χ3n) is 7.53. The Balaban J connectivity index is 1.19. The summed E-state index contributed by atoms with van der Waals surface area (Å²) < 4.78 is 13.9. The molecule has 1 saturated heterocycles. The number of hydrogen-bond donors (Lipinski definition) is 4. The van der Waals surface area contributed by atoms with Crippen molar-refractivity contribution in [1.82, 2.24) is 35.5 Å². The molecule has 204 valence electrons. The Kier molecular flexibility index (Phi) is 6.44. The molecule has 6 aromatic rings. The third-order valence-corrected chi connectivity index (χ3v) is 7.53. The van der Waals surface area contributed by atoms with E-state index in [-0.39, 0.29) is 11.7 Å². The van der Waals surface area contributed by atoms with E-state index in [9.17, 15) is 9.18 Å². The number of para-hydroxylation sites is 1. The molecule has 1 aliphatic rings. The van der Waals surface area contributed by atoms with Crippen LogP contribution in [0.1, 0.15) is 19.3 Å². The Bertz CT molecular complexity index is 1890. The van der Waals surface area contributed by atoms with Crippen molar-refractivity contribution in [3.8, 4) is 33.9 Å². The second kappa shape index (κ2) is 10.5. The number of aromatic amines is 2. The molecule has 0 radical (unpaired) electrons. The fourth-order valence-corrected chi connectivity index (χ4v) is 5.47. The number of H-pyrrole nitrogens is 2. The zero-order valence-corrected chi connectivity index (χ0v) is 22.1. The number of carbonyl (C=O) groups is 1. The molecule has 5 heterocycles. The topological polar surface area (TPSA) is 124 Å². The Labute approximate surface area is 234 Å². The maximum atomic E-state index is 13.9. The molecule has 0 saturated carbocycles. The maximum absolute atomic E-state index is 13.9. The lowest BCUT2D eigenvalue weighted by atomic mass is 9.94. The molecule has 1 amide bonds. The molecule has 10 heteroatoms. The minimum absolute atomic E-state index is 0.00104. The first-order valence-electron chi connectivity index (χ1n) is 13.7. The molecule has 1 aliphatic heterocycles. The van der Waals surface area contributed by atoms with Crippen LogP contribution >= 0.6 is 0 Å². The van der Waals surface area contributed by atoms with Crippen molar-refractivity contribution >= 4 is 33.7 Å². The van der Waals surface area contributed by atoms with Gasteiger partial charge in [-0.3, -0.25) is 14.9 Å². The lowest BCUT2D eigenvalue weighted by Crippen LogP contribution is -2.30. The number of hydrogen-bond acceptors (Lipinski definition) is 6. The Hall–Kier alpha value is -4.96. The number of anilines is 1. The monoisotopic (exact) mass is 546 g/mol. The number of imidazole rings is 1. The molecule has 2 aromatic carbocycles. The van der Waals surface area contributed by atoms with Crippen molar-refractivity contribution in [3.05, 3.63) is 78.9 Å². The van der Waals surface area contributed by atoms with Gasteiger partial charge in [-0.1, -0.05) is 24.3 Å². The Morgan fingerprint density at radius 2 is 1.80 bits per heavy atom. The smallest absolute Gasteiger partial charge is 0.224 e. The molecule has 0 aliphatic carbocycles. The van der Waals surface area contributed by atoms with E-state index in [2.05, 4.69) is 30.8 Å². The second-order valence-electron chi connectivity index (χ2n) is 10.4. The van der Waals surface area contributed by atoms with Gasteiger partial charge in [0, 0.05) is 23.7 Å². The molecule has 7 rings (SSSR count). The van der Waals surface area contributed by atoms with E-state index in [0.29, 0.717) is 40.8 Å². The van der Waals surface area contributed by atoms with Crippen LogP contribution in [0.3, 0.4) is 0 Å². The minimum Gasteiger partial charge on any atom is -0.336 e. The number of fused-ring (bicyclic) bond motifs is 2. The van der Waals surface area contributed by atoms with Crippen molar-refractivity contribution in [2.24, 2.45) is 5.92 Å². The van der Waals surface area contributed by atoms with E-state index in [1.165, 1.54) is 12.1 Å². The molecule has 0 unspecified atom stereocenters. The van der Waals surface area contributed by atoms with E-state index >= 15 is 0 Å². The first-order valence-corrected chi connectivity index (χ1v) is 13.7. The normalized spacial score (nSPS) is 14.1. The number of nitrogens with one attached hydrogen (secondary N) is 4. The lowest BCUT2D eigenvalue weighted by molar-refractivity contribution is -0.117. The number of aromatic nitrogens is 6. The molecule has 4 N–H and O–H groups in total. The summed E-state index contributed by atoms with van der Waals surface area (Å²) in [7, 11) is 0. The van der Waals surface area contributed by atoms with Gasteiger partial charge >= 0.3 is 0 Å². The predicted octanol–water partition coefficient (Wildman–Crippen LogP) is 5.70. The fraction of sp³-hybridized carbons (Fsp3) is 0.194. The molecular formula is C31H27FN8O. The molecule has 0 atom stereocenters. The highest BCUT2D eigenvalue weighted by atomic mass is 19.1. The lowest BCUT2D eigenvalue weighted by Gasteiger charge is -2.21. The van der Waals surface area contributed by atoms with Gasteiger partial charge in [0.15, 0.2) is 11.5 Å². The van der Waals surface area contributed by atoms with Crippen LogP contribution in [0, 0.1) is 11.7 Å². The molecular weight excluding hydrogens is 519 g/mol. The number of nitrogens with zero attached hydrogens (tertiary/aromatic N) is 4. The second-order valence-corrected chi connectivity index (χ2v) is 10.4. The van der Waals surface area contributed by atoms with Gasteiger partial charge in [0.25, 0.3) is 0 Å². The van der Waals surface area contributed by atoms with Crippen molar-refractivity contribution in [2.75, 3.05) is 18.4 Å². The highest BCUT2D eigenvalue weighted by Gasteiger charge is 2.19. The van der Waals surface area contributed by atoms with Crippen LogP contribution in [0.25, 0.3) is 56.0 Å². The first kappa shape index (κ1) is 25.0. The minimum atomic E-state index is -0.301. The van der Waals surface area contributed by atoms with Crippen LogP contribution in [0.5, 0.6) is 0 Å². The summed E-state index contributed by atoms with van der Waals surface area (Å²) in [4.78, 5) is 30.1. The Morgan fingerprint density at radius 3 is 2.68 bits per heavy atom. The average molecular weight is 547 g/mol. The third kappa shape index (κ3) is 5.05. The molecule has 1 fully saturated rings. The van der Waals surface area contributed by atoms with Crippen molar-refractivity contribution in [2.45, 2.75) is 19.3 Å². The van der Waals surface area contributed by atoms with E-state index in [0.717, 1.165) is 59.2 Å². The molecule has 0 spiro atoms. The fourth-order valence-electron chi connectivity index (χ4n) is 5.47. The van der Waals surface area contributed by atoms with Crippen LogP contribution in [0.2, 0.25) is 0 Å². The van der Waals surface area contributed by atoms with E-state index in [1.54, 1.807) is 18.5 Å². The number of carbonyl (C=O) groups excluding carboxylic acids is 1. The zero-order chi connectivity index (χ0) is 27.8. The summed E-state index contributed by atoms with van der Waals surface area (Å²) in [6.07, 6.45) is 5.91. The highest BCUT2D eigenvalue weighted by Crippen LogP contribution is 2.32. The number of amides is 1. The summed E-state index contributed by atoms with van der Waals surface area (Å²) >= 11 is 0. The van der Waals surface area contributed by atoms with Crippen molar-refractivity contribution in [3.63, 3.8) is 0 Å². The average Bonchev–Trinajstić information content (AvgIpc) is 3.61. The van der Waals surface area contributed by atoms with Gasteiger partial charge in [-0.15, -0.1) is 0 Å². The van der Waals surface area contributed by atoms with Crippen molar-refractivity contribution < 1.29 is 9.18 Å². The SMILES string of the molecule is O=C(CC1CCNCC1)Nc1cncc(-c2ccc3[nH]nc(-c4nc5c(-c6cccc(F)c6)cccc5[nH]4)c3n2)c1.